The number of hydrogen-bond donors (Lipinski definition) is 2. The van der Waals surface area contributed by atoms with Gasteiger partial charge in [0.05, 0.1) is 29.9 Å². The van der Waals surface area contributed by atoms with Crippen LogP contribution in [0.3, 0.4) is 0 Å². The molecule has 1 aliphatic rings. The Kier molecular flexibility index (Phi) is 9.09. The van der Waals surface area contributed by atoms with Crippen LogP contribution >= 0.6 is 0 Å². The van der Waals surface area contributed by atoms with Crippen molar-refractivity contribution in [2.45, 2.75) is 44.1 Å². The summed E-state index contributed by atoms with van der Waals surface area (Å²) in [7, 11) is 1.52. The van der Waals surface area contributed by atoms with Gasteiger partial charge in [0.2, 0.25) is 0 Å². The van der Waals surface area contributed by atoms with Gasteiger partial charge < -0.3 is 15.2 Å². The summed E-state index contributed by atoms with van der Waals surface area (Å²) in [6.45, 7) is 5.42. The third-order valence-corrected chi connectivity index (χ3v) is 7.78. The number of alkyl halides is 6. The topological polar surface area (TPSA) is 54.4 Å². The Hall–Kier alpha value is -3.11. The summed E-state index contributed by atoms with van der Waals surface area (Å²) in [5.74, 6) is 0.391. The molecule has 216 valence electrons. The monoisotopic (exact) mass is 566 g/mol. The Balaban J connectivity index is 1.70. The Morgan fingerprint density at radius 1 is 1.07 bits per heavy atom. The Labute approximate surface area is 229 Å². The number of piperidine rings is 1. The lowest BCUT2D eigenvalue weighted by Gasteiger charge is -2.35. The van der Waals surface area contributed by atoms with Crippen molar-refractivity contribution in [2.24, 2.45) is 17.8 Å². The maximum atomic E-state index is 13.4. The van der Waals surface area contributed by atoms with Crippen LogP contribution in [0.1, 0.15) is 47.6 Å². The van der Waals surface area contributed by atoms with Crippen LogP contribution in [0.5, 0.6) is 5.75 Å². The predicted molar refractivity (Wildman–Crippen MR) is 141 cm³/mol. The Bertz CT molecular complexity index is 1290. The van der Waals surface area contributed by atoms with Crippen molar-refractivity contribution in [1.29, 1.82) is 0 Å². The van der Waals surface area contributed by atoms with Gasteiger partial charge in [-0.2, -0.15) is 26.3 Å². The third-order valence-electron chi connectivity index (χ3n) is 7.78. The van der Waals surface area contributed by atoms with Crippen LogP contribution < -0.4 is 10.1 Å². The summed E-state index contributed by atoms with van der Waals surface area (Å²) >= 11 is 0. The Morgan fingerprint density at radius 2 is 1.77 bits per heavy atom. The van der Waals surface area contributed by atoms with Gasteiger partial charge in [0, 0.05) is 18.1 Å². The van der Waals surface area contributed by atoms with Crippen molar-refractivity contribution in [3.8, 4) is 5.75 Å². The van der Waals surface area contributed by atoms with E-state index in [9.17, 15) is 31.4 Å². The van der Waals surface area contributed by atoms with E-state index in [-0.39, 0.29) is 36.3 Å². The number of aliphatic hydroxyl groups is 1. The first-order valence-corrected chi connectivity index (χ1v) is 13.1. The third kappa shape index (κ3) is 6.96. The van der Waals surface area contributed by atoms with Crippen molar-refractivity contribution in [3.63, 3.8) is 0 Å². The first-order chi connectivity index (χ1) is 18.9. The summed E-state index contributed by atoms with van der Waals surface area (Å²) in [6.07, 6.45) is -5.99. The van der Waals surface area contributed by atoms with Crippen molar-refractivity contribution < 1.29 is 36.2 Å². The summed E-state index contributed by atoms with van der Waals surface area (Å²) in [4.78, 5) is 4.36. The minimum absolute atomic E-state index is 0.0647. The number of ether oxygens (including phenoxy) is 1. The van der Waals surface area contributed by atoms with E-state index in [0.29, 0.717) is 28.6 Å². The second-order valence-electron chi connectivity index (χ2n) is 10.3. The molecule has 0 saturated carbocycles. The van der Waals surface area contributed by atoms with E-state index in [2.05, 4.69) is 16.9 Å². The molecule has 10 heteroatoms. The average Bonchev–Trinajstić information content (AvgIpc) is 2.93. The molecule has 4 atom stereocenters. The lowest BCUT2D eigenvalue weighted by molar-refractivity contribution is -0.143. The van der Waals surface area contributed by atoms with Gasteiger partial charge in [-0.3, -0.25) is 4.98 Å². The highest BCUT2D eigenvalue weighted by atomic mass is 19.4. The highest BCUT2D eigenvalue weighted by Gasteiger charge is 2.37. The molecule has 1 fully saturated rings. The van der Waals surface area contributed by atoms with Gasteiger partial charge >= 0.3 is 12.4 Å². The molecule has 0 aliphatic carbocycles. The first-order valence-electron chi connectivity index (χ1n) is 13.1. The van der Waals surface area contributed by atoms with Crippen LogP contribution in [-0.4, -0.2) is 30.3 Å². The lowest BCUT2D eigenvalue weighted by Crippen LogP contribution is -2.37. The number of nitrogens with zero attached hydrogens (tertiary/aromatic N) is 1. The number of halogens is 6. The number of methoxy groups -OCH3 is 1. The van der Waals surface area contributed by atoms with E-state index in [4.69, 9.17) is 4.74 Å². The number of nitrogens with one attached hydrogen (secondary N) is 1. The number of rotatable bonds is 9. The summed E-state index contributed by atoms with van der Waals surface area (Å²) in [5.41, 5.74) is -1.54. The molecule has 40 heavy (non-hydrogen) atoms. The van der Waals surface area contributed by atoms with Crippen LogP contribution in [0.4, 0.5) is 26.3 Å². The highest BCUT2D eigenvalue weighted by Crippen LogP contribution is 2.40. The zero-order chi connectivity index (χ0) is 29.1. The van der Waals surface area contributed by atoms with E-state index in [1.807, 2.05) is 6.08 Å². The normalized spacial score (nSPS) is 19.8. The fourth-order valence-electron chi connectivity index (χ4n) is 5.60. The van der Waals surface area contributed by atoms with E-state index >= 15 is 0 Å². The molecule has 0 spiro atoms. The number of hydrogen-bond acceptors (Lipinski definition) is 4. The molecule has 2 N–H and O–H groups in total. The van der Waals surface area contributed by atoms with Gasteiger partial charge in [-0.15, -0.1) is 6.58 Å². The molecule has 0 amide bonds. The van der Waals surface area contributed by atoms with Crippen molar-refractivity contribution in [2.75, 3.05) is 20.2 Å². The molecule has 1 aromatic heterocycles. The van der Waals surface area contributed by atoms with E-state index < -0.39 is 35.5 Å². The quantitative estimate of drug-likeness (QED) is 0.210. The van der Waals surface area contributed by atoms with Gasteiger partial charge in [-0.25, -0.2) is 0 Å². The van der Waals surface area contributed by atoms with Gasteiger partial charge in [-0.1, -0.05) is 6.08 Å². The van der Waals surface area contributed by atoms with E-state index in [0.717, 1.165) is 31.6 Å². The molecule has 2 aromatic carbocycles. The predicted octanol–water partition coefficient (Wildman–Crippen LogP) is 7.37. The summed E-state index contributed by atoms with van der Waals surface area (Å²) in [5, 5.41) is 15.7. The SMILES string of the molecule is C=CC1CNCCC1C[C@H](CCc1cc(C(F)(F)F)cc(C(F)(F)F)c1)[C@H](O)c1ccnc2ccc(OC)cc12. The number of fused-ring (bicyclic) bond motifs is 1. The van der Waals surface area contributed by atoms with E-state index in [1.165, 1.54) is 7.11 Å². The van der Waals surface area contributed by atoms with Crippen LogP contribution in [0, 0.1) is 17.8 Å². The molecule has 2 unspecified atom stereocenters. The van der Waals surface area contributed by atoms with Crippen LogP contribution in [-0.2, 0) is 18.8 Å². The molecule has 3 aromatic rings. The van der Waals surface area contributed by atoms with Crippen LogP contribution in [0.25, 0.3) is 10.9 Å². The lowest BCUT2D eigenvalue weighted by atomic mass is 9.75. The number of aromatic nitrogens is 1. The second kappa shape index (κ2) is 12.2. The molecule has 0 radical (unpaired) electrons. The van der Waals surface area contributed by atoms with Gasteiger partial charge in [0.25, 0.3) is 0 Å². The number of aliphatic hydroxyl groups excluding tert-OH is 1. The average molecular weight is 567 g/mol. The highest BCUT2D eigenvalue weighted by molar-refractivity contribution is 5.83. The summed E-state index contributed by atoms with van der Waals surface area (Å²) < 4.78 is 86.0. The molecular formula is C30H32F6N2O2. The largest absolute Gasteiger partial charge is 0.497 e. The number of aryl methyl sites for hydroxylation is 1. The maximum Gasteiger partial charge on any atom is 0.416 e. The standard InChI is InChI=1S/C30H32F6N2O2/c1-3-19-17-37-10-8-20(19)14-21(28(39)25-9-11-38-27-7-6-24(40-2)16-26(25)27)5-4-18-12-22(29(31,32)33)15-23(13-18)30(34,35)36/h3,6-7,9,11-13,15-16,19-21,28,37,39H,1,4-5,8,10,14,17H2,2H3/t19?,20?,21-,28-/m0/s1. The van der Waals surface area contributed by atoms with Gasteiger partial charge in [0.15, 0.2) is 0 Å². The molecule has 4 rings (SSSR count). The second-order valence-corrected chi connectivity index (χ2v) is 10.3. The van der Waals surface area contributed by atoms with Crippen LogP contribution in [0.15, 0.2) is 61.3 Å². The smallest absolute Gasteiger partial charge is 0.416 e. The van der Waals surface area contributed by atoms with Gasteiger partial charge in [-0.05, 0) is 104 Å². The van der Waals surface area contributed by atoms with Gasteiger partial charge in [0.1, 0.15) is 5.75 Å². The zero-order valence-electron chi connectivity index (χ0n) is 22.0. The molecule has 1 saturated heterocycles. The van der Waals surface area contributed by atoms with Crippen molar-refractivity contribution in [1.82, 2.24) is 10.3 Å². The number of pyridine rings is 1. The fourth-order valence-corrected chi connectivity index (χ4v) is 5.60. The Morgan fingerprint density at radius 3 is 2.40 bits per heavy atom. The minimum Gasteiger partial charge on any atom is -0.497 e. The zero-order valence-corrected chi connectivity index (χ0v) is 22.0. The molecule has 2 heterocycles. The molecular weight excluding hydrogens is 534 g/mol. The molecule has 4 nitrogen and oxygen atoms in total. The number of benzene rings is 2. The first kappa shape index (κ1) is 29.9. The van der Waals surface area contributed by atoms with Crippen LogP contribution in [0.2, 0.25) is 0 Å². The summed E-state index contributed by atoms with van der Waals surface area (Å²) in [6, 6.07) is 8.64. The fraction of sp³-hybridized carbons (Fsp3) is 0.433. The maximum absolute atomic E-state index is 13.4. The van der Waals surface area contributed by atoms with Crippen molar-refractivity contribution in [3.05, 3.63) is 83.6 Å². The van der Waals surface area contributed by atoms with Crippen molar-refractivity contribution >= 4 is 10.9 Å². The molecule has 0 bridgehead atoms. The molecule has 1 aliphatic heterocycles. The van der Waals surface area contributed by atoms with E-state index in [1.54, 1.807) is 30.5 Å². The minimum atomic E-state index is -4.92.